The van der Waals surface area contributed by atoms with Crippen molar-refractivity contribution in [2.24, 2.45) is 0 Å². The van der Waals surface area contributed by atoms with Crippen molar-refractivity contribution in [2.75, 3.05) is 0 Å². The predicted octanol–water partition coefficient (Wildman–Crippen LogP) is 5.25. The van der Waals surface area contributed by atoms with Gasteiger partial charge in [-0.15, -0.1) is 17.9 Å². The van der Waals surface area contributed by atoms with Gasteiger partial charge in [0.05, 0.1) is 17.5 Å². The van der Waals surface area contributed by atoms with Crippen LogP contribution in [0, 0.1) is 0 Å². The molecule has 0 aliphatic rings. The van der Waals surface area contributed by atoms with Crippen molar-refractivity contribution in [1.82, 2.24) is 19.7 Å². The lowest BCUT2D eigenvalue weighted by molar-refractivity contribution is 0.390. The Bertz CT molecular complexity index is 1400. The molecule has 4 aromatic heterocycles. The number of nitrogens with zero attached hydrogens (tertiary/aromatic N) is 4. The Morgan fingerprint density at radius 2 is 2.03 bits per heavy atom. The molecule has 0 atom stereocenters. The van der Waals surface area contributed by atoms with Gasteiger partial charge in [-0.3, -0.25) is 9.36 Å². The fraction of sp³-hybridized carbons (Fsp3) is 0.0909. The maximum atomic E-state index is 13.2. The van der Waals surface area contributed by atoms with E-state index in [1.54, 1.807) is 29.0 Å². The molecule has 0 aliphatic carbocycles. The number of furan rings is 1. The number of aromatic nitrogens is 4. The van der Waals surface area contributed by atoms with E-state index in [0.717, 1.165) is 10.4 Å². The molecule has 0 fully saturated rings. The minimum Gasteiger partial charge on any atom is -0.461 e. The van der Waals surface area contributed by atoms with Crippen LogP contribution in [-0.4, -0.2) is 19.7 Å². The van der Waals surface area contributed by atoms with Gasteiger partial charge in [-0.2, -0.15) is 4.98 Å². The van der Waals surface area contributed by atoms with Crippen molar-refractivity contribution in [3.05, 3.63) is 83.7 Å². The molecule has 7 nitrogen and oxygen atoms in total. The van der Waals surface area contributed by atoms with E-state index in [1.807, 2.05) is 36.4 Å². The smallest absolute Gasteiger partial charge is 0.272 e. The molecule has 31 heavy (non-hydrogen) atoms. The van der Waals surface area contributed by atoms with Crippen molar-refractivity contribution in [2.45, 2.75) is 17.5 Å². The largest absolute Gasteiger partial charge is 0.461 e. The molecule has 5 rings (SSSR count). The lowest BCUT2D eigenvalue weighted by Gasteiger charge is -2.08. The van der Waals surface area contributed by atoms with Crippen molar-refractivity contribution >= 4 is 33.3 Å². The number of hydrogen-bond acceptors (Lipinski definition) is 8. The summed E-state index contributed by atoms with van der Waals surface area (Å²) >= 11 is 2.82. The van der Waals surface area contributed by atoms with E-state index in [0.29, 0.717) is 45.1 Å². The minimum atomic E-state index is -0.0821. The molecule has 4 heterocycles. The predicted molar refractivity (Wildman–Crippen MR) is 121 cm³/mol. The summed E-state index contributed by atoms with van der Waals surface area (Å²) in [6, 6.07) is 15.5. The van der Waals surface area contributed by atoms with E-state index in [1.165, 1.54) is 23.1 Å². The SMILES string of the molecule is C=CCn1c(SCc2nc(-c3ccco3)no2)nc2cc(-c3ccccc3)sc2c1=O. The molecule has 0 amide bonds. The van der Waals surface area contributed by atoms with Crippen LogP contribution in [0.15, 0.2) is 86.3 Å². The fourth-order valence-electron chi connectivity index (χ4n) is 3.08. The van der Waals surface area contributed by atoms with Crippen LogP contribution in [0.2, 0.25) is 0 Å². The molecule has 0 spiro atoms. The number of benzene rings is 1. The molecule has 1 aromatic carbocycles. The van der Waals surface area contributed by atoms with Crippen LogP contribution < -0.4 is 5.56 Å². The molecule has 0 aliphatic heterocycles. The molecule has 0 saturated carbocycles. The number of allylic oxidation sites excluding steroid dienone is 1. The van der Waals surface area contributed by atoms with Crippen LogP contribution in [0.5, 0.6) is 0 Å². The van der Waals surface area contributed by atoms with Gasteiger partial charge in [-0.1, -0.05) is 53.3 Å². The summed E-state index contributed by atoms with van der Waals surface area (Å²) in [4.78, 5) is 23.3. The van der Waals surface area contributed by atoms with Crippen LogP contribution >= 0.6 is 23.1 Å². The monoisotopic (exact) mass is 448 g/mol. The van der Waals surface area contributed by atoms with E-state index < -0.39 is 0 Å². The van der Waals surface area contributed by atoms with Gasteiger partial charge in [-0.25, -0.2) is 4.98 Å². The van der Waals surface area contributed by atoms with Crippen LogP contribution in [0.1, 0.15) is 5.89 Å². The number of rotatable bonds is 7. The Balaban J connectivity index is 1.48. The van der Waals surface area contributed by atoms with Crippen molar-refractivity contribution in [3.8, 4) is 22.0 Å². The highest BCUT2D eigenvalue weighted by Gasteiger charge is 2.17. The maximum Gasteiger partial charge on any atom is 0.272 e. The Kier molecular flexibility index (Phi) is 5.27. The molecule has 0 saturated heterocycles. The van der Waals surface area contributed by atoms with Gasteiger partial charge >= 0.3 is 0 Å². The van der Waals surface area contributed by atoms with Crippen LogP contribution in [0.4, 0.5) is 0 Å². The first-order chi connectivity index (χ1) is 15.2. The Morgan fingerprint density at radius 3 is 2.81 bits per heavy atom. The first-order valence-corrected chi connectivity index (χ1v) is 11.2. The second-order valence-corrected chi connectivity index (χ2v) is 8.56. The number of thioether (sulfide) groups is 1. The van der Waals surface area contributed by atoms with E-state index in [2.05, 4.69) is 16.7 Å². The second-order valence-electron chi connectivity index (χ2n) is 6.57. The van der Waals surface area contributed by atoms with Crippen LogP contribution in [0.25, 0.3) is 32.2 Å². The van der Waals surface area contributed by atoms with E-state index in [-0.39, 0.29) is 5.56 Å². The number of fused-ring (bicyclic) bond motifs is 1. The van der Waals surface area contributed by atoms with Crippen molar-refractivity contribution < 1.29 is 8.94 Å². The third-order valence-corrected chi connectivity index (χ3v) is 6.63. The summed E-state index contributed by atoms with van der Waals surface area (Å²) in [6.07, 6.45) is 3.24. The summed E-state index contributed by atoms with van der Waals surface area (Å²) in [7, 11) is 0. The summed E-state index contributed by atoms with van der Waals surface area (Å²) in [5.74, 6) is 1.72. The average Bonchev–Trinajstić information content (AvgIpc) is 3.55. The van der Waals surface area contributed by atoms with Crippen LogP contribution in [-0.2, 0) is 12.3 Å². The zero-order chi connectivity index (χ0) is 21.2. The van der Waals surface area contributed by atoms with Gasteiger partial charge in [0.15, 0.2) is 10.9 Å². The van der Waals surface area contributed by atoms with Crippen molar-refractivity contribution in [1.29, 1.82) is 0 Å². The van der Waals surface area contributed by atoms with Crippen LogP contribution in [0.3, 0.4) is 0 Å². The molecule has 5 aromatic rings. The highest BCUT2D eigenvalue weighted by atomic mass is 32.2. The maximum absolute atomic E-state index is 13.2. The quantitative estimate of drug-likeness (QED) is 0.191. The zero-order valence-corrected chi connectivity index (χ0v) is 17.9. The standard InChI is InChI=1S/C22H16N4O3S2/c1-2-10-26-21(27)19-15(12-17(31-19)14-7-4-3-5-8-14)23-22(26)30-13-18-24-20(25-29-18)16-9-6-11-28-16/h2-9,11-12H,1,10,13H2. The van der Waals surface area contributed by atoms with Gasteiger partial charge in [0, 0.05) is 11.4 Å². The van der Waals surface area contributed by atoms with Gasteiger partial charge in [0.2, 0.25) is 11.7 Å². The topological polar surface area (TPSA) is 86.9 Å². The molecule has 0 bridgehead atoms. The Hall–Kier alpha value is -3.43. The normalized spacial score (nSPS) is 11.2. The first-order valence-electron chi connectivity index (χ1n) is 9.43. The van der Waals surface area contributed by atoms with Crippen molar-refractivity contribution in [3.63, 3.8) is 0 Å². The Morgan fingerprint density at radius 1 is 1.16 bits per heavy atom. The zero-order valence-electron chi connectivity index (χ0n) is 16.2. The van der Waals surface area contributed by atoms with Gasteiger partial charge in [0.25, 0.3) is 5.56 Å². The molecule has 0 unspecified atom stereocenters. The summed E-state index contributed by atoms with van der Waals surface area (Å²) in [5, 5.41) is 4.51. The highest BCUT2D eigenvalue weighted by Crippen LogP contribution is 2.32. The lowest BCUT2D eigenvalue weighted by Crippen LogP contribution is -2.21. The molecule has 154 valence electrons. The van der Waals surface area contributed by atoms with E-state index >= 15 is 0 Å². The molecular formula is C22H16N4O3S2. The fourth-order valence-corrected chi connectivity index (χ4v) is 4.98. The van der Waals surface area contributed by atoms with E-state index in [9.17, 15) is 4.79 Å². The third-order valence-electron chi connectivity index (χ3n) is 4.50. The average molecular weight is 449 g/mol. The molecule has 0 N–H and O–H groups in total. The van der Waals surface area contributed by atoms with Gasteiger partial charge in [0.1, 0.15) is 4.70 Å². The number of hydrogen-bond donors (Lipinski definition) is 0. The summed E-state index contributed by atoms with van der Waals surface area (Å²) in [6.45, 7) is 4.14. The van der Waals surface area contributed by atoms with E-state index in [4.69, 9.17) is 13.9 Å². The highest BCUT2D eigenvalue weighted by molar-refractivity contribution is 7.98. The summed E-state index contributed by atoms with van der Waals surface area (Å²) in [5.41, 5.74) is 1.66. The molecule has 9 heteroatoms. The van der Waals surface area contributed by atoms with Gasteiger partial charge in [-0.05, 0) is 23.8 Å². The minimum absolute atomic E-state index is 0.0821. The van der Waals surface area contributed by atoms with Gasteiger partial charge < -0.3 is 8.94 Å². The Labute approximate surface area is 185 Å². The number of thiophene rings is 1. The molecule has 0 radical (unpaired) electrons. The third kappa shape index (κ3) is 3.85. The lowest BCUT2D eigenvalue weighted by atomic mass is 10.2. The second kappa shape index (κ2) is 8.37. The first kappa shape index (κ1) is 19.5. The summed E-state index contributed by atoms with van der Waals surface area (Å²) < 4.78 is 12.9. The molecular weight excluding hydrogens is 432 g/mol.